The number of hydrogen-bond acceptors (Lipinski definition) is 4. The highest BCUT2D eigenvalue weighted by Gasteiger charge is 2.19. The third kappa shape index (κ3) is 4.70. The van der Waals surface area contributed by atoms with Gasteiger partial charge in [0.2, 0.25) is 0 Å². The summed E-state index contributed by atoms with van der Waals surface area (Å²) in [4.78, 5) is 24.6. The molecule has 1 unspecified atom stereocenters. The van der Waals surface area contributed by atoms with Crippen molar-refractivity contribution >= 4 is 17.4 Å². The van der Waals surface area contributed by atoms with Crippen molar-refractivity contribution in [3.63, 3.8) is 0 Å². The Morgan fingerprint density at radius 2 is 1.88 bits per heavy atom. The minimum absolute atomic E-state index is 0.0710. The topological polar surface area (TPSA) is 64.6 Å². The van der Waals surface area contributed by atoms with Crippen LogP contribution in [0.3, 0.4) is 0 Å². The van der Waals surface area contributed by atoms with Crippen LogP contribution in [0.1, 0.15) is 35.2 Å². The van der Waals surface area contributed by atoms with E-state index in [-0.39, 0.29) is 6.10 Å². The highest BCUT2D eigenvalue weighted by Crippen LogP contribution is 2.25. The number of ketones is 1. The molecule has 1 fully saturated rings. The maximum absolute atomic E-state index is 12.3. The number of nitrogens with one attached hydrogen (secondary N) is 1. The normalized spacial score (nSPS) is 16.7. The van der Waals surface area contributed by atoms with Gasteiger partial charge in [-0.3, -0.25) is 9.59 Å². The number of anilines is 1. The van der Waals surface area contributed by atoms with Gasteiger partial charge in [0.1, 0.15) is 12.4 Å². The third-order valence-corrected chi connectivity index (χ3v) is 4.35. The van der Waals surface area contributed by atoms with E-state index in [2.05, 4.69) is 5.32 Å². The van der Waals surface area contributed by atoms with Crippen LogP contribution in [0.2, 0.25) is 0 Å². The van der Waals surface area contributed by atoms with Gasteiger partial charge in [-0.15, -0.1) is 0 Å². The van der Waals surface area contributed by atoms with Gasteiger partial charge in [-0.2, -0.15) is 0 Å². The Kier molecular flexibility index (Phi) is 6.02. The molecule has 1 heterocycles. The molecule has 3 rings (SSSR count). The number of carbonyl (C=O) groups excluding carboxylic acids is 2. The molecule has 5 heteroatoms. The van der Waals surface area contributed by atoms with Crippen LogP contribution < -0.4 is 10.1 Å². The standard InChI is InChI=1S/C21H23NO4/c1-15-9-11-16(12-10-15)20(23)21(24)22-18-7-2-3-8-19(18)26-14-17-6-4-5-13-25-17/h2-3,7-12,17H,4-6,13-14H2,1H3,(H,22,24). The van der Waals surface area contributed by atoms with Crippen molar-refractivity contribution in [1.29, 1.82) is 0 Å². The van der Waals surface area contributed by atoms with Crippen molar-refractivity contribution in [2.24, 2.45) is 0 Å². The van der Waals surface area contributed by atoms with Gasteiger partial charge in [-0.05, 0) is 38.3 Å². The Hall–Kier alpha value is -2.66. The fourth-order valence-corrected chi connectivity index (χ4v) is 2.83. The van der Waals surface area contributed by atoms with Crippen LogP contribution in [0.4, 0.5) is 5.69 Å². The zero-order valence-electron chi connectivity index (χ0n) is 14.9. The summed E-state index contributed by atoms with van der Waals surface area (Å²) < 4.78 is 11.5. The molecule has 0 saturated carbocycles. The summed E-state index contributed by atoms with van der Waals surface area (Å²) in [7, 11) is 0. The molecule has 2 aromatic rings. The molecule has 136 valence electrons. The first-order valence-electron chi connectivity index (χ1n) is 8.89. The van der Waals surface area contributed by atoms with E-state index in [9.17, 15) is 9.59 Å². The third-order valence-electron chi connectivity index (χ3n) is 4.35. The van der Waals surface area contributed by atoms with Crippen molar-refractivity contribution in [3.05, 3.63) is 59.7 Å². The SMILES string of the molecule is Cc1ccc(C(=O)C(=O)Nc2ccccc2OCC2CCCCO2)cc1. The number of aryl methyl sites for hydroxylation is 1. The molecule has 1 atom stereocenters. The number of hydrogen-bond donors (Lipinski definition) is 1. The Balaban J connectivity index is 1.64. The number of ether oxygens (including phenoxy) is 2. The van der Waals surface area contributed by atoms with Crippen LogP contribution in [0, 0.1) is 6.92 Å². The molecule has 1 aliphatic rings. The predicted octanol–water partition coefficient (Wildman–Crippen LogP) is 3.76. The summed E-state index contributed by atoms with van der Waals surface area (Å²) in [5, 5.41) is 2.66. The lowest BCUT2D eigenvalue weighted by Gasteiger charge is -2.23. The van der Waals surface area contributed by atoms with Crippen LogP contribution >= 0.6 is 0 Å². The Bertz CT molecular complexity index is 764. The van der Waals surface area contributed by atoms with Crippen molar-refractivity contribution < 1.29 is 19.1 Å². The molecular formula is C21H23NO4. The lowest BCUT2D eigenvalue weighted by Crippen LogP contribution is -2.26. The highest BCUT2D eigenvalue weighted by molar-refractivity contribution is 6.46. The molecule has 26 heavy (non-hydrogen) atoms. The zero-order chi connectivity index (χ0) is 18.4. The molecule has 1 N–H and O–H groups in total. The molecule has 0 spiro atoms. The second kappa shape index (κ2) is 8.63. The summed E-state index contributed by atoms with van der Waals surface area (Å²) in [6.07, 6.45) is 3.27. The second-order valence-electron chi connectivity index (χ2n) is 6.45. The number of carbonyl (C=O) groups is 2. The number of para-hydroxylation sites is 2. The summed E-state index contributed by atoms with van der Waals surface area (Å²) in [5.41, 5.74) is 1.88. The van der Waals surface area contributed by atoms with Crippen molar-refractivity contribution in [1.82, 2.24) is 0 Å². The predicted molar refractivity (Wildman–Crippen MR) is 99.7 cm³/mol. The molecule has 0 aromatic heterocycles. The summed E-state index contributed by atoms with van der Waals surface area (Å²) in [6, 6.07) is 14.0. The fraction of sp³-hybridized carbons (Fsp3) is 0.333. The van der Waals surface area contributed by atoms with Crippen LogP contribution in [0.15, 0.2) is 48.5 Å². The largest absolute Gasteiger partial charge is 0.489 e. The van der Waals surface area contributed by atoms with Gasteiger partial charge in [-0.1, -0.05) is 42.0 Å². The van der Waals surface area contributed by atoms with Crippen LogP contribution in [-0.2, 0) is 9.53 Å². The molecule has 0 bridgehead atoms. The molecule has 0 radical (unpaired) electrons. The number of benzene rings is 2. The van der Waals surface area contributed by atoms with Gasteiger partial charge < -0.3 is 14.8 Å². The maximum Gasteiger partial charge on any atom is 0.296 e. The minimum Gasteiger partial charge on any atom is -0.489 e. The van der Waals surface area contributed by atoms with Crippen LogP contribution in [0.25, 0.3) is 0 Å². The van der Waals surface area contributed by atoms with E-state index >= 15 is 0 Å². The first kappa shape index (κ1) is 18.1. The Morgan fingerprint density at radius 1 is 1.12 bits per heavy atom. The van der Waals surface area contributed by atoms with Crippen LogP contribution in [0.5, 0.6) is 5.75 Å². The fourth-order valence-electron chi connectivity index (χ4n) is 2.83. The van der Waals surface area contributed by atoms with E-state index in [0.29, 0.717) is 23.6 Å². The lowest BCUT2D eigenvalue weighted by molar-refractivity contribution is -0.112. The number of amides is 1. The Morgan fingerprint density at radius 3 is 2.62 bits per heavy atom. The lowest BCUT2D eigenvalue weighted by atomic mass is 10.1. The molecule has 5 nitrogen and oxygen atoms in total. The zero-order valence-corrected chi connectivity index (χ0v) is 14.9. The van der Waals surface area contributed by atoms with Gasteiger partial charge in [0.15, 0.2) is 0 Å². The van der Waals surface area contributed by atoms with Gasteiger partial charge in [-0.25, -0.2) is 0 Å². The average Bonchev–Trinajstić information content (AvgIpc) is 2.68. The summed E-state index contributed by atoms with van der Waals surface area (Å²) in [5.74, 6) is -0.721. The van der Waals surface area contributed by atoms with E-state index in [1.807, 2.05) is 25.1 Å². The van der Waals surface area contributed by atoms with Gasteiger partial charge in [0, 0.05) is 12.2 Å². The van der Waals surface area contributed by atoms with Crippen molar-refractivity contribution in [3.8, 4) is 5.75 Å². The molecule has 1 aliphatic heterocycles. The summed E-state index contributed by atoms with van der Waals surface area (Å²) >= 11 is 0. The quantitative estimate of drug-likeness (QED) is 0.634. The van der Waals surface area contributed by atoms with E-state index in [4.69, 9.17) is 9.47 Å². The molecule has 1 saturated heterocycles. The van der Waals surface area contributed by atoms with Gasteiger partial charge >= 0.3 is 0 Å². The Labute approximate surface area is 153 Å². The van der Waals surface area contributed by atoms with Gasteiger partial charge in [0.25, 0.3) is 11.7 Å². The first-order valence-corrected chi connectivity index (χ1v) is 8.89. The molecule has 2 aromatic carbocycles. The monoisotopic (exact) mass is 353 g/mol. The van der Waals surface area contributed by atoms with Crippen molar-refractivity contribution in [2.45, 2.75) is 32.3 Å². The van der Waals surface area contributed by atoms with E-state index in [0.717, 1.165) is 31.4 Å². The molecule has 1 amide bonds. The van der Waals surface area contributed by atoms with Gasteiger partial charge in [0.05, 0.1) is 11.8 Å². The highest BCUT2D eigenvalue weighted by atomic mass is 16.5. The van der Waals surface area contributed by atoms with Crippen molar-refractivity contribution in [2.75, 3.05) is 18.5 Å². The first-order chi connectivity index (χ1) is 12.6. The van der Waals surface area contributed by atoms with E-state index in [1.54, 1.807) is 30.3 Å². The van der Waals surface area contributed by atoms with E-state index in [1.165, 1.54) is 0 Å². The minimum atomic E-state index is -0.682. The molecular weight excluding hydrogens is 330 g/mol. The van der Waals surface area contributed by atoms with E-state index < -0.39 is 11.7 Å². The van der Waals surface area contributed by atoms with Crippen LogP contribution in [-0.4, -0.2) is 31.0 Å². The maximum atomic E-state index is 12.3. The second-order valence-corrected chi connectivity index (χ2v) is 6.45. The summed E-state index contributed by atoms with van der Waals surface area (Å²) in [6.45, 7) is 3.12. The number of rotatable bonds is 6. The average molecular weight is 353 g/mol. The smallest absolute Gasteiger partial charge is 0.296 e. The molecule has 0 aliphatic carbocycles. The number of Topliss-reactive ketones (excluding diaryl/α,β-unsaturated/α-hetero) is 1.